The first-order chi connectivity index (χ1) is 5.93. The number of quaternary nitrogens is 1. The van der Waals surface area contributed by atoms with Gasteiger partial charge in [0.2, 0.25) is 0 Å². The summed E-state index contributed by atoms with van der Waals surface area (Å²) in [6.45, 7) is 7.81. The molecule has 0 aromatic rings. The van der Waals surface area contributed by atoms with E-state index in [0.717, 1.165) is 13.2 Å². The summed E-state index contributed by atoms with van der Waals surface area (Å²) in [7, 11) is -6.00. The van der Waals surface area contributed by atoms with Gasteiger partial charge in [-0.2, -0.15) is 0 Å². The first-order valence-corrected chi connectivity index (χ1v) is 4.22. The maximum atomic E-state index is 9.75. The zero-order chi connectivity index (χ0) is 10.3. The third-order valence-corrected chi connectivity index (χ3v) is 1.70. The number of likely N-dealkylation sites (N-methyl/N-ethyl adjacent to an activating group) is 1. The zero-order valence-electron chi connectivity index (χ0n) is 7.53. The zero-order valence-corrected chi connectivity index (χ0v) is 7.53. The molecule has 0 aliphatic carbocycles. The van der Waals surface area contributed by atoms with Gasteiger partial charge in [0.15, 0.2) is 0 Å². The van der Waals surface area contributed by atoms with E-state index in [1.54, 1.807) is 4.90 Å². The number of hydrogen-bond acceptors (Lipinski definition) is 1. The van der Waals surface area contributed by atoms with Gasteiger partial charge in [0.05, 0.1) is 19.8 Å². The van der Waals surface area contributed by atoms with Gasteiger partial charge in [-0.05, 0) is 6.92 Å². The highest BCUT2D eigenvalue weighted by molar-refractivity contribution is 6.50. The van der Waals surface area contributed by atoms with Crippen LogP contribution < -0.4 is 4.90 Å². The van der Waals surface area contributed by atoms with Crippen molar-refractivity contribution in [2.24, 2.45) is 0 Å². The first-order valence-electron chi connectivity index (χ1n) is 4.22. The first kappa shape index (κ1) is 12.7. The van der Waals surface area contributed by atoms with Crippen LogP contribution in [0.15, 0.2) is 0 Å². The topological polar surface area (TPSA) is 13.7 Å². The molecule has 0 amide bonds. The van der Waals surface area contributed by atoms with Crippen LogP contribution in [-0.4, -0.2) is 40.1 Å². The smallest absolute Gasteiger partial charge is 0.418 e. The van der Waals surface area contributed by atoms with E-state index < -0.39 is 7.25 Å². The molecule has 1 aliphatic heterocycles. The molecule has 0 bridgehead atoms. The Morgan fingerprint density at radius 2 is 1.54 bits per heavy atom. The van der Waals surface area contributed by atoms with E-state index >= 15 is 0 Å². The second-order valence-electron chi connectivity index (χ2n) is 2.71. The maximum Gasteiger partial charge on any atom is 0.673 e. The lowest BCUT2D eigenvalue weighted by Gasteiger charge is -2.21. The molecule has 1 heterocycles. The second kappa shape index (κ2) is 6.20. The molecule has 2 nitrogen and oxygen atoms in total. The van der Waals surface area contributed by atoms with Crippen LogP contribution in [0, 0.1) is 0 Å². The number of rotatable bonds is 1. The van der Waals surface area contributed by atoms with E-state index in [2.05, 4.69) is 6.92 Å². The van der Waals surface area contributed by atoms with Crippen molar-refractivity contribution in [3.05, 3.63) is 0 Å². The van der Waals surface area contributed by atoms with E-state index in [1.165, 1.54) is 19.6 Å². The van der Waals surface area contributed by atoms with Gasteiger partial charge < -0.3 is 26.9 Å². The molecule has 13 heavy (non-hydrogen) atoms. The molecule has 1 N–H and O–H groups in total. The lowest BCUT2D eigenvalue weighted by Crippen LogP contribution is -3.13. The summed E-state index contributed by atoms with van der Waals surface area (Å²) in [4.78, 5) is 1.68. The molecule has 0 aromatic heterocycles. The Morgan fingerprint density at radius 1 is 1.15 bits per heavy atom. The molecule has 7 heteroatoms. The highest BCUT2D eigenvalue weighted by Crippen LogP contribution is 2.06. The Kier molecular flexibility index (Phi) is 6.06. The fourth-order valence-electron chi connectivity index (χ4n) is 1.01. The number of ether oxygens (including phenoxy) is 1. The summed E-state index contributed by atoms with van der Waals surface area (Å²) in [6.07, 6.45) is 0. The fraction of sp³-hybridized carbons (Fsp3) is 1.00. The van der Waals surface area contributed by atoms with Crippen molar-refractivity contribution in [1.82, 2.24) is 0 Å². The van der Waals surface area contributed by atoms with Gasteiger partial charge >= 0.3 is 7.25 Å². The maximum absolute atomic E-state index is 9.75. The predicted octanol–water partition coefficient (Wildman–Crippen LogP) is 0.221. The summed E-state index contributed by atoms with van der Waals surface area (Å²) < 4.78 is 44.2. The van der Waals surface area contributed by atoms with E-state index in [1.807, 2.05) is 0 Å². The van der Waals surface area contributed by atoms with Crippen molar-refractivity contribution in [2.75, 3.05) is 32.8 Å². The Bertz CT molecular complexity index is 120. The molecule has 1 rings (SSSR count). The summed E-state index contributed by atoms with van der Waals surface area (Å²) in [5.74, 6) is 0. The Balaban J connectivity index is 0.000000252. The quantitative estimate of drug-likeness (QED) is 0.475. The minimum Gasteiger partial charge on any atom is -0.418 e. The number of halogens is 4. The summed E-state index contributed by atoms with van der Waals surface area (Å²) in [6, 6.07) is 0. The van der Waals surface area contributed by atoms with E-state index in [4.69, 9.17) is 4.74 Å². The molecule has 0 saturated carbocycles. The lowest BCUT2D eigenvalue weighted by atomic mass is 10.3. The molecule has 0 unspecified atom stereocenters. The summed E-state index contributed by atoms with van der Waals surface area (Å²) >= 11 is 0. The van der Waals surface area contributed by atoms with Crippen LogP contribution in [0.3, 0.4) is 0 Å². The summed E-state index contributed by atoms with van der Waals surface area (Å²) in [5, 5.41) is 0. The number of nitrogens with one attached hydrogen (secondary N) is 1. The molecule has 1 saturated heterocycles. The number of hydrogen-bond donors (Lipinski definition) is 1. The molecule has 0 aromatic carbocycles. The van der Waals surface area contributed by atoms with Gasteiger partial charge in [-0.1, -0.05) is 0 Å². The molecular weight excluding hydrogens is 189 g/mol. The predicted molar refractivity (Wildman–Crippen MR) is 42.2 cm³/mol. The summed E-state index contributed by atoms with van der Waals surface area (Å²) in [5.41, 5.74) is 0. The van der Waals surface area contributed by atoms with Gasteiger partial charge in [0.1, 0.15) is 13.1 Å². The van der Waals surface area contributed by atoms with Gasteiger partial charge in [0.25, 0.3) is 0 Å². The molecule has 1 fully saturated rings. The van der Waals surface area contributed by atoms with E-state index in [9.17, 15) is 17.3 Å². The molecule has 0 spiro atoms. The lowest BCUT2D eigenvalue weighted by molar-refractivity contribution is -0.906. The van der Waals surface area contributed by atoms with Gasteiger partial charge in [-0.25, -0.2) is 0 Å². The average molecular weight is 203 g/mol. The third-order valence-electron chi connectivity index (χ3n) is 1.70. The van der Waals surface area contributed by atoms with Gasteiger partial charge in [-0.3, -0.25) is 0 Å². The van der Waals surface area contributed by atoms with E-state index in [0.29, 0.717) is 0 Å². The Labute approximate surface area is 75.0 Å². The molecular formula is C6H14BF4NO. The van der Waals surface area contributed by atoms with Crippen LogP contribution in [0.5, 0.6) is 0 Å². The average Bonchev–Trinajstić information content (AvgIpc) is 2.03. The Hall–Kier alpha value is -0.295. The Morgan fingerprint density at radius 3 is 1.77 bits per heavy atom. The van der Waals surface area contributed by atoms with Crippen LogP contribution in [0.4, 0.5) is 17.3 Å². The SMILES string of the molecule is CC[NH+]1CCOCC1.F[B-](F)(F)F. The van der Waals surface area contributed by atoms with Crippen LogP contribution in [0.1, 0.15) is 6.92 Å². The monoisotopic (exact) mass is 203 g/mol. The van der Waals surface area contributed by atoms with Crippen LogP contribution in [0.2, 0.25) is 0 Å². The minimum absolute atomic E-state index is 0.961. The standard InChI is InChI=1S/C6H13NO.BF4/c1-2-7-3-5-8-6-4-7;2-1(3,4)5/h2-6H2,1H3;/q;-1/p+1. The van der Waals surface area contributed by atoms with Crippen molar-refractivity contribution < 1.29 is 26.9 Å². The van der Waals surface area contributed by atoms with E-state index in [-0.39, 0.29) is 0 Å². The van der Waals surface area contributed by atoms with Gasteiger partial charge in [-0.15, -0.1) is 0 Å². The second-order valence-corrected chi connectivity index (χ2v) is 2.71. The third kappa shape index (κ3) is 11.7. The van der Waals surface area contributed by atoms with Crippen LogP contribution in [0.25, 0.3) is 0 Å². The highest BCUT2D eigenvalue weighted by Gasteiger charge is 2.20. The van der Waals surface area contributed by atoms with Crippen molar-refractivity contribution in [3.8, 4) is 0 Å². The minimum atomic E-state index is -6.00. The molecule has 0 radical (unpaired) electrons. The van der Waals surface area contributed by atoms with Crippen LogP contribution >= 0.6 is 0 Å². The van der Waals surface area contributed by atoms with Crippen molar-refractivity contribution >= 4 is 7.25 Å². The molecule has 1 aliphatic rings. The van der Waals surface area contributed by atoms with Gasteiger partial charge in [0, 0.05) is 0 Å². The molecule has 80 valence electrons. The highest BCUT2D eigenvalue weighted by atomic mass is 19.5. The largest absolute Gasteiger partial charge is 0.673 e. The van der Waals surface area contributed by atoms with Crippen molar-refractivity contribution in [3.63, 3.8) is 0 Å². The molecule has 0 atom stereocenters. The fourth-order valence-corrected chi connectivity index (χ4v) is 1.01. The van der Waals surface area contributed by atoms with Crippen LogP contribution in [-0.2, 0) is 4.74 Å². The van der Waals surface area contributed by atoms with Crippen molar-refractivity contribution in [1.29, 1.82) is 0 Å². The normalized spacial score (nSPS) is 19.2. The number of morpholine rings is 1. The van der Waals surface area contributed by atoms with Crippen molar-refractivity contribution in [2.45, 2.75) is 6.92 Å².